The van der Waals surface area contributed by atoms with Gasteiger partial charge >= 0.3 is 0 Å². The summed E-state index contributed by atoms with van der Waals surface area (Å²) >= 11 is 5.91. The summed E-state index contributed by atoms with van der Waals surface area (Å²) in [5.41, 5.74) is -0.180. The smallest absolute Gasteiger partial charge is 0.242 e. The molecular formula is C19H23ClN2O3. The Morgan fingerprint density at radius 1 is 1.08 bits per heavy atom. The molecule has 5 nitrogen and oxygen atoms in total. The number of carbonyl (C=O) groups excluding carboxylic acids is 3. The van der Waals surface area contributed by atoms with Gasteiger partial charge in [0.2, 0.25) is 17.7 Å². The Bertz CT molecular complexity index is 680. The van der Waals surface area contributed by atoms with Crippen molar-refractivity contribution in [2.45, 2.75) is 44.4 Å². The van der Waals surface area contributed by atoms with E-state index in [1.54, 1.807) is 36.1 Å². The van der Waals surface area contributed by atoms with Crippen molar-refractivity contribution in [3.8, 4) is 0 Å². The van der Waals surface area contributed by atoms with Gasteiger partial charge < -0.3 is 4.90 Å². The first-order chi connectivity index (χ1) is 11.9. The van der Waals surface area contributed by atoms with Gasteiger partial charge in [0, 0.05) is 24.5 Å². The van der Waals surface area contributed by atoms with Gasteiger partial charge in [-0.25, -0.2) is 0 Å². The van der Waals surface area contributed by atoms with Crippen molar-refractivity contribution in [2.24, 2.45) is 0 Å². The van der Waals surface area contributed by atoms with Crippen molar-refractivity contribution in [3.63, 3.8) is 0 Å². The Kier molecular flexibility index (Phi) is 5.13. The van der Waals surface area contributed by atoms with E-state index in [4.69, 9.17) is 11.6 Å². The molecule has 1 aromatic rings. The van der Waals surface area contributed by atoms with Crippen LogP contribution in [0.2, 0.25) is 5.02 Å². The van der Waals surface area contributed by atoms with E-state index in [0.29, 0.717) is 18.1 Å². The van der Waals surface area contributed by atoms with Gasteiger partial charge in [0.05, 0.1) is 5.41 Å². The fourth-order valence-electron chi connectivity index (χ4n) is 3.64. The molecule has 134 valence electrons. The average Bonchev–Trinajstić information content (AvgIpc) is 2.81. The van der Waals surface area contributed by atoms with Crippen molar-refractivity contribution in [2.75, 3.05) is 19.6 Å². The molecule has 1 unspecified atom stereocenters. The second-order valence-corrected chi connectivity index (χ2v) is 7.53. The number of carbonyl (C=O) groups is 3. The van der Waals surface area contributed by atoms with Gasteiger partial charge in [0.1, 0.15) is 6.54 Å². The lowest BCUT2D eigenvalue weighted by Crippen LogP contribution is -2.44. The number of benzene rings is 1. The number of halogens is 1. The summed E-state index contributed by atoms with van der Waals surface area (Å²) in [6.45, 7) is 3.03. The van der Waals surface area contributed by atoms with Crippen LogP contribution >= 0.6 is 11.6 Å². The quantitative estimate of drug-likeness (QED) is 0.777. The molecule has 6 heteroatoms. The third kappa shape index (κ3) is 3.56. The maximum Gasteiger partial charge on any atom is 0.242 e. The molecule has 3 amide bonds. The lowest BCUT2D eigenvalue weighted by Gasteiger charge is -2.25. The van der Waals surface area contributed by atoms with Crippen LogP contribution in [0.25, 0.3) is 0 Å². The third-order valence-electron chi connectivity index (χ3n) is 5.26. The van der Waals surface area contributed by atoms with Gasteiger partial charge in [-0.1, -0.05) is 36.6 Å². The molecule has 25 heavy (non-hydrogen) atoms. The summed E-state index contributed by atoms with van der Waals surface area (Å²) in [5.74, 6) is -0.724. The number of imide groups is 1. The molecule has 0 spiro atoms. The van der Waals surface area contributed by atoms with E-state index in [9.17, 15) is 14.4 Å². The van der Waals surface area contributed by atoms with Gasteiger partial charge in [-0.2, -0.15) is 0 Å². The first-order valence-electron chi connectivity index (χ1n) is 8.80. The van der Waals surface area contributed by atoms with E-state index < -0.39 is 5.41 Å². The highest BCUT2D eigenvalue weighted by Crippen LogP contribution is 2.36. The SMILES string of the molecule is CC1(c2ccc(Cl)cc2)CC(=O)N(CC(=O)N2CCCCCC2)C1=O. The van der Waals surface area contributed by atoms with E-state index in [0.717, 1.165) is 36.1 Å². The van der Waals surface area contributed by atoms with Crippen LogP contribution in [-0.4, -0.2) is 47.2 Å². The van der Waals surface area contributed by atoms with E-state index >= 15 is 0 Å². The Hall–Kier alpha value is -1.88. The largest absolute Gasteiger partial charge is 0.341 e. The van der Waals surface area contributed by atoms with Crippen LogP contribution in [0.15, 0.2) is 24.3 Å². The molecular weight excluding hydrogens is 340 g/mol. The van der Waals surface area contributed by atoms with Gasteiger partial charge in [-0.05, 0) is 37.5 Å². The number of rotatable bonds is 3. The molecule has 2 aliphatic heterocycles. The third-order valence-corrected chi connectivity index (χ3v) is 5.51. The van der Waals surface area contributed by atoms with Crippen molar-refractivity contribution >= 4 is 29.3 Å². The molecule has 0 aliphatic carbocycles. The van der Waals surface area contributed by atoms with Gasteiger partial charge in [-0.15, -0.1) is 0 Å². The van der Waals surface area contributed by atoms with Gasteiger partial charge in [0.25, 0.3) is 0 Å². The van der Waals surface area contributed by atoms with Crippen molar-refractivity contribution < 1.29 is 14.4 Å². The molecule has 2 aliphatic rings. The fraction of sp³-hybridized carbons (Fsp3) is 0.526. The summed E-state index contributed by atoms with van der Waals surface area (Å²) in [5, 5.41) is 0.581. The highest BCUT2D eigenvalue weighted by Gasteiger charge is 2.49. The van der Waals surface area contributed by atoms with Gasteiger partial charge in [0.15, 0.2) is 0 Å². The molecule has 0 N–H and O–H groups in total. The predicted octanol–water partition coefficient (Wildman–Crippen LogP) is 2.76. The van der Waals surface area contributed by atoms with Crippen LogP contribution < -0.4 is 0 Å². The summed E-state index contributed by atoms with van der Waals surface area (Å²) in [6.07, 6.45) is 4.30. The van der Waals surface area contributed by atoms with Crippen molar-refractivity contribution in [3.05, 3.63) is 34.9 Å². The monoisotopic (exact) mass is 362 g/mol. The summed E-state index contributed by atoms with van der Waals surface area (Å²) in [6, 6.07) is 6.97. The number of amides is 3. The number of nitrogens with zero attached hydrogens (tertiary/aromatic N) is 2. The molecule has 2 saturated heterocycles. The zero-order valence-electron chi connectivity index (χ0n) is 14.5. The van der Waals surface area contributed by atoms with Gasteiger partial charge in [-0.3, -0.25) is 19.3 Å². The lowest BCUT2D eigenvalue weighted by atomic mass is 9.81. The summed E-state index contributed by atoms with van der Waals surface area (Å²) in [4.78, 5) is 40.8. The van der Waals surface area contributed by atoms with Crippen LogP contribution in [0.5, 0.6) is 0 Å². The normalized spacial score (nSPS) is 24.6. The zero-order chi connectivity index (χ0) is 18.0. The molecule has 2 fully saturated rings. The first kappa shape index (κ1) is 17.9. The van der Waals surface area contributed by atoms with Crippen LogP contribution in [0.1, 0.15) is 44.6 Å². The van der Waals surface area contributed by atoms with Crippen LogP contribution in [-0.2, 0) is 19.8 Å². The predicted molar refractivity (Wildman–Crippen MR) is 95.2 cm³/mol. The molecule has 3 rings (SSSR count). The minimum Gasteiger partial charge on any atom is -0.341 e. The molecule has 0 aromatic heterocycles. The molecule has 1 aromatic carbocycles. The Labute approximate surface area is 152 Å². The first-order valence-corrected chi connectivity index (χ1v) is 9.18. The number of likely N-dealkylation sites (tertiary alicyclic amines) is 2. The number of hydrogen-bond donors (Lipinski definition) is 0. The topological polar surface area (TPSA) is 57.7 Å². The fourth-order valence-corrected chi connectivity index (χ4v) is 3.77. The van der Waals surface area contributed by atoms with Crippen molar-refractivity contribution in [1.29, 1.82) is 0 Å². The molecule has 0 bridgehead atoms. The van der Waals surface area contributed by atoms with E-state index in [1.165, 1.54) is 0 Å². The zero-order valence-corrected chi connectivity index (χ0v) is 15.2. The van der Waals surface area contributed by atoms with E-state index in [2.05, 4.69) is 0 Å². The Morgan fingerprint density at radius 3 is 2.28 bits per heavy atom. The highest BCUT2D eigenvalue weighted by molar-refractivity contribution is 6.30. The summed E-state index contributed by atoms with van der Waals surface area (Å²) in [7, 11) is 0. The molecule has 0 radical (unpaired) electrons. The summed E-state index contributed by atoms with van der Waals surface area (Å²) < 4.78 is 0. The average molecular weight is 363 g/mol. The molecule has 0 saturated carbocycles. The lowest BCUT2D eigenvalue weighted by molar-refractivity contribution is -0.146. The second-order valence-electron chi connectivity index (χ2n) is 7.10. The Balaban J connectivity index is 1.74. The maximum absolute atomic E-state index is 12.9. The van der Waals surface area contributed by atoms with E-state index in [1.807, 2.05) is 0 Å². The standard InChI is InChI=1S/C19H23ClN2O3/c1-19(14-6-8-15(20)9-7-14)12-16(23)22(18(19)25)13-17(24)21-10-4-2-3-5-11-21/h6-9H,2-5,10-13H2,1H3. The number of hydrogen-bond acceptors (Lipinski definition) is 3. The highest BCUT2D eigenvalue weighted by atomic mass is 35.5. The second kappa shape index (κ2) is 7.16. The maximum atomic E-state index is 12.9. The molecule has 1 atom stereocenters. The van der Waals surface area contributed by atoms with Crippen LogP contribution in [0, 0.1) is 0 Å². The van der Waals surface area contributed by atoms with Crippen molar-refractivity contribution in [1.82, 2.24) is 9.80 Å². The van der Waals surface area contributed by atoms with Crippen LogP contribution in [0.4, 0.5) is 0 Å². The van der Waals surface area contributed by atoms with Crippen LogP contribution in [0.3, 0.4) is 0 Å². The minimum absolute atomic E-state index is 0.0841. The van der Waals surface area contributed by atoms with E-state index in [-0.39, 0.29) is 30.7 Å². The Morgan fingerprint density at radius 2 is 1.68 bits per heavy atom. The molecule has 2 heterocycles. The minimum atomic E-state index is -0.930.